The molecular weight excluding hydrogens is 202 g/mol. The van der Waals surface area contributed by atoms with Crippen molar-refractivity contribution in [3.63, 3.8) is 0 Å². The summed E-state index contributed by atoms with van der Waals surface area (Å²) in [6.45, 7) is 0. The van der Waals surface area contributed by atoms with Gasteiger partial charge < -0.3 is 9.94 Å². The summed E-state index contributed by atoms with van der Waals surface area (Å²) >= 11 is 0. The smallest absolute Gasteiger partial charge is 0.138 e. The highest BCUT2D eigenvalue weighted by Gasteiger charge is 2.42. The first kappa shape index (κ1) is 9.85. The number of nitrogens with zero attached hydrogens (tertiary/aromatic N) is 1. The van der Waals surface area contributed by atoms with Crippen LogP contribution in [0.5, 0.6) is 0 Å². The van der Waals surface area contributed by atoms with Crippen LogP contribution >= 0.6 is 0 Å². The van der Waals surface area contributed by atoms with Gasteiger partial charge in [-0.05, 0) is 24.8 Å². The SMILES string of the molecule is O[C@@H]1CCC[C@H]2ON=C(c3ccccc3)[C@@H]12. The van der Waals surface area contributed by atoms with Gasteiger partial charge >= 0.3 is 0 Å². The van der Waals surface area contributed by atoms with Crippen LogP contribution < -0.4 is 0 Å². The van der Waals surface area contributed by atoms with Gasteiger partial charge in [-0.25, -0.2) is 0 Å². The molecule has 1 heterocycles. The highest BCUT2D eigenvalue weighted by Crippen LogP contribution is 2.34. The van der Waals surface area contributed by atoms with Crippen molar-refractivity contribution in [1.29, 1.82) is 0 Å². The molecule has 1 aromatic carbocycles. The van der Waals surface area contributed by atoms with Crippen molar-refractivity contribution >= 4 is 5.71 Å². The predicted octanol–water partition coefficient (Wildman–Crippen LogP) is 1.95. The Bertz CT molecular complexity index is 402. The Morgan fingerprint density at radius 3 is 2.81 bits per heavy atom. The van der Waals surface area contributed by atoms with Crippen molar-refractivity contribution in [2.45, 2.75) is 31.5 Å². The topological polar surface area (TPSA) is 41.8 Å². The Labute approximate surface area is 94.7 Å². The van der Waals surface area contributed by atoms with Gasteiger partial charge in [0.25, 0.3) is 0 Å². The molecule has 3 heteroatoms. The van der Waals surface area contributed by atoms with Crippen LogP contribution in [-0.4, -0.2) is 23.0 Å². The second-order valence-corrected chi connectivity index (χ2v) is 4.51. The zero-order valence-electron chi connectivity index (χ0n) is 9.04. The van der Waals surface area contributed by atoms with Crippen molar-refractivity contribution in [3.05, 3.63) is 35.9 Å². The maximum absolute atomic E-state index is 10.1. The molecule has 1 aromatic rings. The summed E-state index contributed by atoms with van der Waals surface area (Å²) in [6.07, 6.45) is 2.66. The molecule has 16 heavy (non-hydrogen) atoms. The van der Waals surface area contributed by atoms with E-state index in [1.54, 1.807) is 0 Å². The van der Waals surface area contributed by atoms with Crippen molar-refractivity contribution in [1.82, 2.24) is 0 Å². The summed E-state index contributed by atoms with van der Waals surface area (Å²) in [7, 11) is 0. The van der Waals surface area contributed by atoms with E-state index >= 15 is 0 Å². The first-order valence-corrected chi connectivity index (χ1v) is 5.83. The average Bonchev–Trinajstić information content (AvgIpc) is 2.75. The van der Waals surface area contributed by atoms with Gasteiger partial charge in [-0.1, -0.05) is 35.5 Å². The van der Waals surface area contributed by atoms with E-state index in [0.29, 0.717) is 0 Å². The van der Waals surface area contributed by atoms with Crippen LogP contribution in [0.25, 0.3) is 0 Å². The Morgan fingerprint density at radius 2 is 2.00 bits per heavy atom. The molecule has 1 saturated carbocycles. The summed E-state index contributed by atoms with van der Waals surface area (Å²) < 4.78 is 0. The van der Waals surface area contributed by atoms with Crippen LogP contribution in [0.4, 0.5) is 0 Å². The van der Waals surface area contributed by atoms with Gasteiger partial charge in [0, 0.05) is 0 Å². The maximum Gasteiger partial charge on any atom is 0.138 e. The Balaban J connectivity index is 1.92. The Morgan fingerprint density at radius 1 is 1.19 bits per heavy atom. The third-order valence-electron chi connectivity index (χ3n) is 3.48. The van der Waals surface area contributed by atoms with Gasteiger partial charge in [-0.2, -0.15) is 0 Å². The number of hydrogen-bond donors (Lipinski definition) is 1. The number of oxime groups is 1. The molecule has 0 saturated heterocycles. The second-order valence-electron chi connectivity index (χ2n) is 4.51. The Hall–Kier alpha value is -1.35. The van der Waals surface area contributed by atoms with Crippen LogP contribution in [0.15, 0.2) is 35.5 Å². The highest BCUT2D eigenvalue weighted by atomic mass is 16.6. The third-order valence-corrected chi connectivity index (χ3v) is 3.48. The lowest BCUT2D eigenvalue weighted by Crippen LogP contribution is -2.38. The molecule has 1 aliphatic heterocycles. The summed E-state index contributed by atoms with van der Waals surface area (Å²) in [5.74, 6) is 0.0659. The first-order chi connectivity index (χ1) is 7.86. The van der Waals surface area contributed by atoms with E-state index in [1.165, 1.54) is 0 Å². The lowest BCUT2D eigenvalue weighted by Gasteiger charge is -2.28. The van der Waals surface area contributed by atoms with E-state index in [-0.39, 0.29) is 18.1 Å². The molecule has 1 fully saturated rings. The normalized spacial score (nSPS) is 32.8. The summed E-state index contributed by atoms with van der Waals surface area (Å²) in [4.78, 5) is 5.42. The lowest BCUT2D eigenvalue weighted by atomic mass is 9.79. The van der Waals surface area contributed by atoms with Gasteiger partial charge in [-0.15, -0.1) is 0 Å². The van der Waals surface area contributed by atoms with Crippen molar-refractivity contribution in [3.8, 4) is 0 Å². The van der Waals surface area contributed by atoms with E-state index in [9.17, 15) is 5.11 Å². The lowest BCUT2D eigenvalue weighted by molar-refractivity contribution is -0.0145. The number of rotatable bonds is 1. The van der Waals surface area contributed by atoms with Crippen molar-refractivity contribution < 1.29 is 9.94 Å². The molecule has 0 radical (unpaired) electrons. The summed E-state index contributed by atoms with van der Waals surface area (Å²) in [5.41, 5.74) is 1.98. The summed E-state index contributed by atoms with van der Waals surface area (Å²) in [5, 5.41) is 14.2. The van der Waals surface area contributed by atoms with E-state index in [0.717, 1.165) is 30.5 Å². The van der Waals surface area contributed by atoms with E-state index < -0.39 is 0 Å². The molecule has 3 atom stereocenters. The molecule has 0 aromatic heterocycles. The molecule has 3 nitrogen and oxygen atoms in total. The number of hydrogen-bond acceptors (Lipinski definition) is 3. The third kappa shape index (κ3) is 1.52. The van der Waals surface area contributed by atoms with E-state index in [1.807, 2.05) is 30.3 Å². The van der Waals surface area contributed by atoms with Crippen molar-refractivity contribution in [2.75, 3.05) is 0 Å². The summed E-state index contributed by atoms with van der Waals surface area (Å²) in [6, 6.07) is 9.99. The fraction of sp³-hybridized carbons (Fsp3) is 0.462. The van der Waals surface area contributed by atoms with Crippen LogP contribution in [0, 0.1) is 5.92 Å². The van der Waals surface area contributed by atoms with Crippen LogP contribution in [-0.2, 0) is 4.84 Å². The first-order valence-electron chi connectivity index (χ1n) is 5.83. The standard InChI is InChI=1S/C13H15NO2/c15-10-7-4-8-11-12(10)13(14-16-11)9-5-2-1-3-6-9/h1-3,5-6,10-12,15H,4,7-8H2/t10-,11-,12+/m1/s1. The second kappa shape index (κ2) is 3.91. The zero-order chi connectivity index (χ0) is 11.0. The number of aliphatic hydroxyl groups excluding tert-OH is 1. The van der Waals surface area contributed by atoms with E-state index in [2.05, 4.69) is 5.16 Å². The predicted molar refractivity (Wildman–Crippen MR) is 61.2 cm³/mol. The molecule has 0 bridgehead atoms. The number of benzene rings is 1. The molecule has 84 valence electrons. The Kier molecular flexibility index (Phi) is 2.40. The van der Waals surface area contributed by atoms with Gasteiger partial charge in [-0.3, -0.25) is 0 Å². The quantitative estimate of drug-likeness (QED) is 0.781. The minimum absolute atomic E-state index is 0.0659. The molecule has 2 aliphatic rings. The molecule has 0 unspecified atom stereocenters. The van der Waals surface area contributed by atoms with Crippen LogP contribution in [0.3, 0.4) is 0 Å². The fourth-order valence-corrected chi connectivity index (χ4v) is 2.65. The number of aliphatic hydroxyl groups is 1. The minimum atomic E-state index is -0.305. The van der Waals surface area contributed by atoms with E-state index in [4.69, 9.17) is 4.84 Å². The molecule has 0 amide bonds. The minimum Gasteiger partial charge on any atom is -0.392 e. The molecule has 1 N–H and O–H groups in total. The largest absolute Gasteiger partial charge is 0.392 e. The van der Waals surface area contributed by atoms with Gasteiger partial charge in [0.15, 0.2) is 0 Å². The maximum atomic E-state index is 10.1. The van der Waals surface area contributed by atoms with Crippen molar-refractivity contribution in [2.24, 2.45) is 11.1 Å². The van der Waals surface area contributed by atoms with Gasteiger partial charge in [0.05, 0.1) is 17.7 Å². The van der Waals surface area contributed by atoms with Gasteiger partial charge in [0.2, 0.25) is 0 Å². The molecule has 0 spiro atoms. The van der Waals surface area contributed by atoms with Crippen LogP contribution in [0.2, 0.25) is 0 Å². The monoisotopic (exact) mass is 217 g/mol. The molecule has 3 rings (SSSR count). The fourth-order valence-electron chi connectivity index (χ4n) is 2.65. The average molecular weight is 217 g/mol. The highest BCUT2D eigenvalue weighted by molar-refractivity contribution is 6.03. The molecule has 1 aliphatic carbocycles. The van der Waals surface area contributed by atoms with Crippen LogP contribution in [0.1, 0.15) is 24.8 Å². The van der Waals surface area contributed by atoms with Gasteiger partial charge in [0.1, 0.15) is 6.10 Å². The zero-order valence-corrected chi connectivity index (χ0v) is 9.04. The molecular formula is C13H15NO2. The number of fused-ring (bicyclic) bond motifs is 1.